The summed E-state index contributed by atoms with van der Waals surface area (Å²) < 4.78 is 11.2. The lowest BCUT2D eigenvalue weighted by Gasteiger charge is -2.15. The molecule has 1 aromatic rings. The minimum atomic E-state index is -0.168. The van der Waals surface area contributed by atoms with Gasteiger partial charge in [0.1, 0.15) is 5.75 Å². The van der Waals surface area contributed by atoms with Crippen molar-refractivity contribution in [1.82, 2.24) is 0 Å². The first-order valence-electron chi connectivity index (χ1n) is 6.13. The predicted molar refractivity (Wildman–Crippen MR) is 66.8 cm³/mol. The molecular weight excluding hydrogens is 200 g/mol. The smallest absolute Gasteiger partial charge is 0.196 e. The zero-order chi connectivity index (χ0) is 11.8. The molecule has 0 aliphatic carbocycles. The van der Waals surface area contributed by atoms with E-state index in [1.807, 2.05) is 19.1 Å². The third-order valence-electron chi connectivity index (χ3n) is 2.48. The third kappa shape index (κ3) is 4.67. The normalized spacial score (nSPS) is 12.4. The average Bonchev–Trinajstić information content (AvgIpc) is 2.30. The monoisotopic (exact) mass is 222 g/mol. The first-order valence-corrected chi connectivity index (χ1v) is 6.13. The molecular formula is C14H22O2. The molecule has 0 bridgehead atoms. The Kier molecular flexibility index (Phi) is 5.94. The van der Waals surface area contributed by atoms with Crippen molar-refractivity contribution in [3.8, 4) is 5.75 Å². The van der Waals surface area contributed by atoms with Crippen molar-refractivity contribution in [3.05, 3.63) is 29.8 Å². The zero-order valence-corrected chi connectivity index (χ0v) is 10.5. The highest BCUT2D eigenvalue weighted by Crippen LogP contribution is 2.14. The molecule has 0 aliphatic heterocycles. The van der Waals surface area contributed by atoms with Crippen molar-refractivity contribution in [3.63, 3.8) is 0 Å². The molecule has 0 aliphatic rings. The van der Waals surface area contributed by atoms with E-state index in [4.69, 9.17) is 9.47 Å². The van der Waals surface area contributed by atoms with Crippen LogP contribution in [0.2, 0.25) is 0 Å². The molecule has 0 saturated heterocycles. The molecule has 1 atom stereocenters. The molecule has 16 heavy (non-hydrogen) atoms. The summed E-state index contributed by atoms with van der Waals surface area (Å²) in [6.07, 6.45) is 3.13. The number of ether oxygens (including phenoxy) is 2. The molecule has 0 N–H and O–H groups in total. The highest BCUT2D eigenvalue weighted by molar-refractivity contribution is 5.27. The van der Waals surface area contributed by atoms with E-state index in [2.05, 4.69) is 26.0 Å². The maximum Gasteiger partial charge on any atom is 0.196 e. The van der Waals surface area contributed by atoms with Crippen LogP contribution in [-0.2, 0) is 11.2 Å². The minimum Gasteiger partial charge on any atom is -0.465 e. The number of unbranched alkanes of at least 4 members (excludes halogenated alkanes) is 1. The van der Waals surface area contributed by atoms with E-state index in [9.17, 15) is 0 Å². The fraction of sp³-hybridized carbons (Fsp3) is 0.571. The van der Waals surface area contributed by atoms with Crippen molar-refractivity contribution in [2.75, 3.05) is 6.61 Å². The van der Waals surface area contributed by atoms with Crippen LogP contribution in [0.25, 0.3) is 0 Å². The number of rotatable bonds is 7. The molecule has 0 heterocycles. The molecule has 90 valence electrons. The molecule has 1 unspecified atom stereocenters. The number of aryl methyl sites for hydroxylation is 1. The van der Waals surface area contributed by atoms with Gasteiger partial charge in [0.2, 0.25) is 0 Å². The fourth-order valence-corrected chi connectivity index (χ4v) is 1.42. The summed E-state index contributed by atoms with van der Waals surface area (Å²) >= 11 is 0. The Hall–Kier alpha value is -1.02. The van der Waals surface area contributed by atoms with E-state index >= 15 is 0 Å². The molecule has 0 spiro atoms. The van der Waals surface area contributed by atoms with Gasteiger partial charge in [-0.15, -0.1) is 0 Å². The van der Waals surface area contributed by atoms with Crippen LogP contribution in [0.1, 0.15) is 39.2 Å². The summed E-state index contributed by atoms with van der Waals surface area (Å²) in [5, 5.41) is 0. The summed E-state index contributed by atoms with van der Waals surface area (Å²) in [6.45, 7) is 7.00. The number of hydrogen-bond donors (Lipinski definition) is 0. The van der Waals surface area contributed by atoms with Crippen molar-refractivity contribution in [2.45, 2.75) is 46.3 Å². The number of hydrogen-bond acceptors (Lipinski definition) is 2. The van der Waals surface area contributed by atoms with E-state index in [0.717, 1.165) is 31.6 Å². The van der Waals surface area contributed by atoms with Gasteiger partial charge in [0.15, 0.2) is 6.29 Å². The van der Waals surface area contributed by atoms with Crippen molar-refractivity contribution < 1.29 is 9.47 Å². The lowest BCUT2D eigenvalue weighted by molar-refractivity contribution is -0.0673. The fourth-order valence-electron chi connectivity index (χ4n) is 1.42. The van der Waals surface area contributed by atoms with E-state index in [1.165, 1.54) is 5.56 Å². The van der Waals surface area contributed by atoms with Crippen LogP contribution in [0.5, 0.6) is 5.75 Å². The lowest BCUT2D eigenvalue weighted by Crippen LogP contribution is -2.16. The predicted octanol–water partition coefficient (Wildman–Crippen LogP) is 3.79. The van der Waals surface area contributed by atoms with Gasteiger partial charge in [-0.3, -0.25) is 0 Å². The summed E-state index contributed by atoms with van der Waals surface area (Å²) in [6, 6.07) is 8.18. The Balaban J connectivity index is 2.34. The van der Waals surface area contributed by atoms with Crippen molar-refractivity contribution in [2.24, 2.45) is 0 Å². The molecule has 0 saturated carbocycles. The lowest BCUT2D eigenvalue weighted by atomic mass is 10.2. The van der Waals surface area contributed by atoms with Crippen LogP contribution in [0.4, 0.5) is 0 Å². The van der Waals surface area contributed by atoms with Crippen molar-refractivity contribution >= 4 is 0 Å². The Morgan fingerprint density at radius 3 is 2.38 bits per heavy atom. The minimum absolute atomic E-state index is 0.168. The Morgan fingerprint density at radius 1 is 1.12 bits per heavy atom. The SMILES string of the molecule is CCCCOC(C)Oc1ccc(CC)cc1. The van der Waals surface area contributed by atoms with E-state index in [0.29, 0.717) is 0 Å². The van der Waals surface area contributed by atoms with Crippen LogP contribution < -0.4 is 4.74 Å². The maximum atomic E-state index is 5.64. The molecule has 0 radical (unpaired) electrons. The standard InChI is InChI=1S/C14H22O2/c1-4-6-11-15-12(3)16-14-9-7-13(5-2)8-10-14/h7-10,12H,4-6,11H2,1-3H3. The summed E-state index contributed by atoms with van der Waals surface area (Å²) in [4.78, 5) is 0. The average molecular weight is 222 g/mol. The summed E-state index contributed by atoms with van der Waals surface area (Å²) in [5.74, 6) is 0.876. The third-order valence-corrected chi connectivity index (χ3v) is 2.48. The first kappa shape index (κ1) is 13.0. The second-order valence-corrected chi connectivity index (χ2v) is 3.91. The Bertz CT molecular complexity index is 279. The second kappa shape index (κ2) is 7.29. The topological polar surface area (TPSA) is 18.5 Å². The number of benzene rings is 1. The zero-order valence-electron chi connectivity index (χ0n) is 10.5. The molecule has 2 nitrogen and oxygen atoms in total. The molecule has 1 aromatic carbocycles. The van der Waals surface area contributed by atoms with Crippen LogP contribution in [-0.4, -0.2) is 12.9 Å². The van der Waals surface area contributed by atoms with Gasteiger partial charge in [-0.05, 0) is 37.5 Å². The van der Waals surface area contributed by atoms with Crippen LogP contribution in [0.15, 0.2) is 24.3 Å². The van der Waals surface area contributed by atoms with Gasteiger partial charge >= 0.3 is 0 Å². The molecule has 0 fully saturated rings. The molecule has 2 heteroatoms. The van der Waals surface area contributed by atoms with Crippen LogP contribution in [0.3, 0.4) is 0 Å². The molecule has 1 rings (SSSR count). The Morgan fingerprint density at radius 2 is 1.81 bits per heavy atom. The summed E-state index contributed by atoms with van der Waals surface area (Å²) in [5.41, 5.74) is 1.33. The van der Waals surface area contributed by atoms with Crippen LogP contribution in [0, 0.1) is 0 Å². The van der Waals surface area contributed by atoms with E-state index < -0.39 is 0 Å². The second-order valence-electron chi connectivity index (χ2n) is 3.91. The first-order chi connectivity index (χ1) is 7.76. The van der Waals surface area contributed by atoms with Crippen molar-refractivity contribution in [1.29, 1.82) is 0 Å². The molecule has 0 amide bonds. The highest BCUT2D eigenvalue weighted by atomic mass is 16.7. The maximum absolute atomic E-state index is 5.64. The largest absolute Gasteiger partial charge is 0.465 e. The van der Waals surface area contributed by atoms with Gasteiger partial charge in [-0.2, -0.15) is 0 Å². The summed E-state index contributed by atoms with van der Waals surface area (Å²) in [7, 11) is 0. The Labute approximate surface area is 98.6 Å². The van der Waals surface area contributed by atoms with Gasteiger partial charge < -0.3 is 9.47 Å². The van der Waals surface area contributed by atoms with Crippen LogP contribution >= 0.6 is 0 Å². The van der Waals surface area contributed by atoms with Gasteiger partial charge in [0, 0.05) is 0 Å². The quantitative estimate of drug-likeness (QED) is 0.516. The van der Waals surface area contributed by atoms with E-state index in [-0.39, 0.29) is 6.29 Å². The molecule has 0 aromatic heterocycles. The van der Waals surface area contributed by atoms with Gasteiger partial charge in [-0.1, -0.05) is 32.4 Å². The van der Waals surface area contributed by atoms with Gasteiger partial charge in [0.25, 0.3) is 0 Å². The van der Waals surface area contributed by atoms with Gasteiger partial charge in [-0.25, -0.2) is 0 Å². The highest BCUT2D eigenvalue weighted by Gasteiger charge is 2.03. The van der Waals surface area contributed by atoms with Gasteiger partial charge in [0.05, 0.1) is 6.61 Å². The van der Waals surface area contributed by atoms with E-state index in [1.54, 1.807) is 0 Å².